The van der Waals surface area contributed by atoms with Crippen molar-refractivity contribution in [2.24, 2.45) is 0 Å². The lowest BCUT2D eigenvalue weighted by Crippen LogP contribution is -2.15. The van der Waals surface area contributed by atoms with Gasteiger partial charge in [0.25, 0.3) is 5.91 Å². The molecule has 0 aliphatic carbocycles. The molecular weight excluding hydrogens is 294 g/mol. The number of aromatic nitrogens is 2. The Balaban J connectivity index is 0.00000106. The number of carboxylic acids is 1. The maximum absolute atomic E-state index is 12.1. The Bertz CT molecular complexity index is 632. The molecule has 0 aliphatic rings. The molecule has 1 aromatic heterocycles. The highest BCUT2D eigenvalue weighted by Gasteiger charge is 2.18. The number of carboxylic acid groups (broad SMARTS) is 1. The first-order chi connectivity index (χ1) is 10.0. The van der Waals surface area contributed by atoms with E-state index in [4.69, 9.17) is 16.7 Å². The van der Waals surface area contributed by atoms with Crippen molar-refractivity contribution >= 4 is 29.2 Å². The lowest BCUT2D eigenvalue weighted by Gasteiger charge is -2.08. The average Bonchev–Trinajstić information content (AvgIpc) is 2.89. The van der Waals surface area contributed by atoms with E-state index in [1.165, 1.54) is 6.20 Å². The summed E-state index contributed by atoms with van der Waals surface area (Å²) >= 11 is 5.97. The van der Waals surface area contributed by atoms with Crippen molar-refractivity contribution in [3.05, 3.63) is 46.2 Å². The Kier molecular flexibility index (Phi) is 5.92. The highest BCUT2D eigenvalue weighted by molar-refractivity contribution is 6.34. The molecular formula is C14H16ClN3O3. The predicted octanol–water partition coefficient (Wildman–Crippen LogP) is 3.35. The van der Waals surface area contributed by atoms with Gasteiger partial charge < -0.3 is 10.4 Å². The van der Waals surface area contributed by atoms with E-state index < -0.39 is 11.9 Å². The molecule has 7 heteroatoms. The lowest BCUT2D eigenvalue weighted by molar-refractivity contribution is 0.0691. The van der Waals surface area contributed by atoms with Crippen LogP contribution < -0.4 is 5.32 Å². The Morgan fingerprint density at radius 1 is 1.33 bits per heavy atom. The number of hydrogen-bond donors (Lipinski definition) is 3. The van der Waals surface area contributed by atoms with Crippen molar-refractivity contribution in [2.45, 2.75) is 20.8 Å². The Morgan fingerprint density at radius 3 is 2.57 bits per heavy atom. The number of H-pyrrole nitrogens is 1. The lowest BCUT2D eigenvalue weighted by atomic mass is 10.1. The van der Waals surface area contributed by atoms with Gasteiger partial charge in [-0.05, 0) is 18.6 Å². The van der Waals surface area contributed by atoms with Gasteiger partial charge in [-0.2, -0.15) is 5.10 Å². The van der Waals surface area contributed by atoms with Crippen LogP contribution in [-0.4, -0.2) is 27.2 Å². The van der Waals surface area contributed by atoms with Gasteiger partial charge >= 0.3 is 5.97 Å². The molecule has 0 fully saturated rings. The first-order valence-electron chi connectivity index (χ1n) is 6.34. The summed E-state index contributed by atoms with van der Waals surface area (Å²) in [4.78, 5) is 23.0. The fourth-order valence-electron chi connectivity index (χ4n) is 1.65. The molecule has 0 spiro atoms. The van der Waals surface area contributed by atoms with Crippen molar-refractivity contribution in [1.29, 1.82) is 0 Å². The molecule has 21 heavy (non-hydrogen) atoms. The summed E-state index contributed by atoms with van der Waals surface area (Å²) in [6.07, 6.45) is 1.23. The second-order valence-corrected chi connectivity index (χ2v) is 4.26. The first-order valence-corrected chi connectivity index (χ1v) is 6.71. The van der Waals surface area contributed by atoms with Crippen molar-refractivity contribution < 1.29 is 14.7 Å². The number of hydrogen-bond acceptors (Lipinski definition) is 3. The Morgan fingerprint density at radius 2 is 2.00 bits per heavy atom. The highest BCUT2D eigenvalue weighted by atomic mass is 35.5. The van der Waals surface area contributed by atoms with Gasteiger partial charge in [0.15, 0.2) is 5.69 Å². The molecule has 1 amide bonds. The molecule has 0 saturated heterocycles. The van der Waals surface area contributed by atoms with E-state index >= 15 is 0 Å². The minimum absolute atomic E-state index is 0.0943. The third-order valence-electron chi connectivity index (χ3n) is 2.55. The molecule has 6 nitrogen and oxygen atoms in total. The van der Waals surface area contributed by atoms with Crippen LogP contribution in [0.1, 0.15) is 40.3 Å². The van der Waals surface area contributed by atoms with Gasteiger partial charge in [0.2, 0.25) is 0 Å². The van der Waals surface area contributed by atoms with Crippen LogP contribution >= 0.6 is 11.6 Å². The molecule has 0 aliphatic heterocycles. The van der Waals surface area contributed by atoms with Gasteiger partial charge in [0, 0.05) is 0 Å². The summed E-state index contributed by atoms with van der Waals surface area (Å²) in [5.74, 6) is -1.68. The van der Waals surface area contributed by atoms with Gasteiger partial charge in [-0.3, -0.25) is 9.89 Å². The van der Waals surface area contributed by atoms with Crippen LogP contribution in [0.2, 0.25) is 5.02 Å². The highest BCUT2D eigenvalue weighted by Crippen LogP contribution is 2.21. The zero-order valence-corrected chi connectivity index (χ0v) is 12.7. The smallest absolute Gasteiger partial charge is 0.356 e. The van der Waals surface area contributed by atoms with E-state index in [1.807, 2.05) is 13.8 Å². The number of rotatable bonds is 3. The number of anilines is 1. The number of aromatic carboxylic acids is 1. The fraction of sp³-hybridized carbons (Fsp3) is 0.214. The molecule has 2 rings (SSSR count). The van der Waals surface area contributed by atoms with Crippen molar-refractivity contribution in [1.82, 2.24) is 10.2 Å². The standard InChI is InChI=1S/C12H10ClN3O3.C2H6/c1-6-3-2-4-7(13)9(6)11(17)15-8-5-14-16-10(8)12(18)19;1-2/h2-5H,1H3,(H,14,16)(H,15,17)(H,18,19);1-2H3. The molecule has 0 radical (unpaired) electrons. The number of aryl methyl sites for hydroxylation is 1. The van der Waals surface area contributed by atoms with E-state index in [1.54, 1.807) is 25.1 Å². The molecule has 1 aromatic carbocycles. The topological polar surface area (TPSA) is 95.1 Å². The fourth-order valence-corrected chi connectivity index (χ4v) is 1.96. The monoisotopic (exact) mass is 309 g/mol. The minimum atomic E-state index is -1.20. The second-order valence-electron chi connectivity index (χ2n) is 3.85. The average molecular weight is 310 g/mol. The first kappa shape index (κ1) is 16.7. The zero-order valence-electron chi connectivity index (χ0n) is 11.9. The van der Waals surface area contributed by atoms with Crippen molar-refractivity contribution in [3.8, 4) is 0 Å². The summed E-state index contributed by atoms with van der Waals surface area (Å²) in [5, 5.41) is 17.5. The summed E-state index contributed by atoms with van der Waals surface area (Å²) < 4.78 is 0. The molecule has 112 valence electrons. The van der Waals surface area contributed by atoms with Gasteiger partial charge in [0.1, 0.15) is 0 Å². The van der Waals surface area contributed by atoms with Crippen LogP contribution in [0.3, 0.4) is 0 Å². The van der Waals surface area contributed by atoms with E-state index in [0.29, 0.717) is 16.1 Å². The van der Waals surface area contributed by atoms with Crippen LogP contribution in [0, 0.1) is 6.92 Å². The van der Waals surface area contributed by atoms with Gasteiger partial charge in [-0.15, -0.1) is 0 Å². The third kappa shape index (κ3) is 3.82. The van der Waals surface area contributed by atoms with Crippen LogP contribution in [0.4, 0.5) is 5.69 Å². The number of benzene rings is 1. The Labute approximate surface area is 127 Å². The van der Waals surface area contributed by atoms with Crippen LogP contribution in [0.25, 0.3) is 0 Å². The van der Waals surface area contributed by atoms with Gasteiger partial charge in [-0.1, -0.05) is 37.6 Å². The number of halogens is 1. The number of aromatic amines is 1. The summed E-state index contributed by atoms with van der Waals surface area (Å²) in [6, 6.07) is 5.07. The number of amides is 1. The van der Waals surface area contributed by atoms with Crippen molar-refractivity contribution in [2.75, 3.05) is 5.32 Å². The third-order valence-corrected chi connectivity index (χ3v) is 2.87. The number of nitrogens with zero attached hydrogens (tertiary/aromatic N) is 1. The van der Waals surface area contributed by atoms with Gasteiger partial charge in [-0.25, -0.2) is 4.79 Å². The molecule has 0 bridgehead atoms. The van der Waals surface area contributed by atoms with E-state index in [2.05, 4.69) is 15.5 Å². The molecule has 1 heterocycles. The van der Waals surface area contributed by atoms with E-state index in [-0.39, 0.29) is 11.4 Å². The summed E-state index contributed by atoms with van der Waals surface area (Å²) in [5.41, 5.74) is 0.918. The normalized spacial score (nSPS) is 9.52. The molecule has 3 N–H and O–H groups in total. The molecule has 0 unspecified atom stereocenters. The largest absolute Gasteiger partial charge is 0.476 e. The maximum atomic E-state index is 12.1. The van der Waals surface area contributed by atoms with Crippen LogP contribution in [0.5, 0.6) is 0 Å². The molecule has 0 atom stereocenters. The molecule has 0 saturated carbocycles. The number of nitrogens with one attached hydrogen (secondary N) is 2. The predicted molar refractivity (Wildman–Crippen MR) is 81.0 cm³/mol. The number of carbonyl (C=O) groups is 2. The Hall–Kier alpha value is -2.34. The van der Waals surface area contributed by atoms with Crippen LogP contribution in [0.15, 0.2) is 24.4 Å². The van der Waals surface area contributed by atoms with Crippen LogP contribution in [-0.2, 0) is 0 Å². The number of carbonyl (C=O) groups excluding carboxylic acids is 1. The van der Waals surface area contributed by atoms with Gasteiger partial charge in [0.05, 0.1) is 22.5 Å². The molecule has 2 aromatic rings. The minimum Gasteiger partial charge on any atom is -0.476 e. The van der Waals surface area contributed by atoms with Crippen molar-refractivity contribution in [3.63, 3.8) is 0 Å². The zero-order chi connectivity index (χ0) is 16.0. The summed E-state index contributed by atoms with van der Waals surface area (Å²) in [7, 11) is 0. The van der Waals surface area contributed by atoms with E-state index in [9.17, 15) is 9.59 Å². The SMILES string of the molecule is CC.Cc1cccc(Cl)c1C(=O)Nc1cn[nH]c1C(=O)O. The van der Waals surface area contributed by atoms with E-state index in [0.717, 1.165) is 0 Å². The maximum Gasteiger partial charge on any atom is 0.356 e. The summed E-state index contributed by atoms with van der Waals surface area (Å²) in [6.45, 7) is 5.74. The quantitative estimate of drug-likeness (QED) is 0.810. The second kappa shape index (κ2) is 7.44.